The van der Waals surface area contributed by atoms with E-state index in [0.717, 1.165) is 10.0 Å². The summed E-state index contributed by atoms with van der Waals surface area (Å²) >= 11 is 3.39. The van der Waals surface area contributed by atoms with Crippen LogP contribution in [0.25, 0.3) is 0 Å². The predicted octanol–water partition coefficient (Wildman–Crippen LogP) is 6.01. The van der Waals surface area contributed by atoms with Crippen LogP contribution < -0.4 is 14.9 Å². The van der Waals surface area contributed by atoms with Gasteiger partial charge in [0.05, 0.1) is 17.3 Å². The molecule has 1 N–H and O–H groups in total. The fraction of sp³-hybridized carbons (Fsp3) is 0.0357. The van der Waals surface area contributed by atoms with Gasteiger partial charge in [0.1, 0.15) is 18.1 Å². The molecule has 4 rings (SSSR count). The molecule has 0 atom stereocenters. The lowest BCUT2D eigenvalue weighted by molar-refractivity contribution is 0.0734. The number of carbonyl (C=O) groups excluding carboxylic acids is 2. The van der Waals surface area contributed by atoms with E-state index in [-0.39, 0.29) is 0 Å². The third kappa shape index (κ3) is 6.65. The Kier molecular flexibility index (Phi) is 8.04. The molecule has 0 bridgehead atoms. The fourth-order valence-corrected chi connectivity index (χ4v) is 3.54. The van der Waals surface area contributed by atoms with Crippen molar-refractivity contribution in [3.8, 4) is 11.5 Å². The van der Waals surface area contributed by atoms with Gasteiger partial charge < -0.3 is 9.47 Å². The van der Waals surface area contributed by atoms with Gasteiger partial charge in [0, 0.05) is 10.0 Å². The molecule has 4 aromatic rings. The maximum atomic E-state index is 12.9. The Morgan fingerprint density at radius 1 is 0.829 bits per heavy atom. The van der Waals surface area contributed by atoms with Crippen LogP contribution in [0.1, 0.15) is 31.8 Å². The van der Waals surface area contributed by atoms with Crippen LogP contribution in [0.3, 0.4) is 0 Å². The summed E-state index contributed by atoms with van der Waals surface area (Å²) in [7, 11) is 0. The summed E-state index contributed by atoms with van der Waals surface area (Å²) in [4.78, 5) is 25.3. The van der Waals surface area contributed by atoms with Crippen LogP contribution in [-0.2, 0) is 6.61 Å². The van der Waals surface area contributed by atoms with Gasteiger partial charge in [-0.3, -0.25) is 4.79 Å². The fourth-order valence-electron chi connectivity index (χ4n) is 3.17. The standard InChI is InChI=1S/C28H21BrN2O4/c29-23-15-16-26(34-19-20-9-3-1-4-10-20)24(17-23)27(32)31-30-18-22-13-7-8-14-25(22)35-28(33)21-11-5-2-6-12-21/h1-18H,19H2,(H,31,32)/b30-18+. The van der Waals surface area contributed by atoms with Gasteiger partial charge in [-0.1, -0.05) is 76.6 Å². The summed E-state index contributed by atoms with van der Waals surface area (Å²) in [6.07, 6.45) is 1.42. The molecule has 0 aliphatic heterocycles. The number of amides is 1. The molecule has 0 aliphatic carbocycles. The number of esters is 1. The van der Waals surface area contributed by atoms with E-state index in [2.05, 4.69) is 26.5 Å². The highest BCUT2D eigenvalue weighted by Crippen LogP contribution is 2.24. The molecule has 4 aromatic carbocycles. The Morgan fingerprint density at radius 2 is 1.51 bits per heavy atom. The van der Waals surface area contributed by atoms with Crippen molar-refractivity contribution < 1.29 is 19.1 Å². The molecule has 0 unspecified atom stereocenters. The summed E-state index contributed by atoms with van der Waals surface area (Å²) in [5, 5.41) is 4.06. The van der Waals surface area contributed by atoms with Crippen LogP contribution in [-0.4, -0.2) is 18.1 Å². The number of nitrogens with one attached hydrogen (secondary N) is 1. The van der Waals surface area contributed by atoms with Gasteiger partial charge in [-0.15, -0.1) is 0 Å². The van der Waals surface area contributed by atoms with Gasteiger partial charge in [0.2, 0.25) is 0 Å². The molecule has 35 heavy (non-hydrogen) atoms. The number of carbonyl (C=O) groups is 2. The van der Waals surface area contributed by atoms with Crippen molar-refractivity contribution in [3.63, 3.8) is 0 Å². The zero-order chi connectivity index (χ0) is 24.5. The second-order valence-corrected chi connectivity index (χ2v) is 8.32. The van der Waals surface area contributed by atoms with E-state index < -0.39 is 11.9 Å². The predicted molar refractivity (Wildman–Crippen MR) is 138 cm³/mol. The Morgan fingerprint density at radius 3 is 2.29 bits per heavy atom. The first kappa shape index (κ1) is 23.9. The van der Waals surface area contributed by atoms with E-state index in [4.69, 9.17) is 9.47 Å². The van der Waals surface area contributed by atoms with Gasteiger partial charge in [-0.25, -0.2) is 10.2 Å². The zero-order valence-corrected chi connectivity index (χ0v) is 20.1. The van der Waals surface area contributed by atoms with Crippen molar-refractivity contribution in [3.05, 3.63) is 130 Å². The highest BCUT2D eigenvalue weighted by molar-refractivity contribution is 9.10. The molecule has 1 amide bonds. The second-order valence-electron chi connectivity index (χ2n) is 7.41. The number of hydrazone groups is 1. The lowest BCUT2D eigenvalue weighted by atomic mass is 10.2. The van der Waals surface area contributed by atoms with Crippen LogP contribution >= 0.6 is 15.9 Å². The molecule has 0 fully saturated rings. The van der Waals surface area contributed by atoms with Crippen molar-refractivity contribution in [1.82, 2.24) is 5.43 Å². The average Bonchev–Trinajstić information content (AvgIpc) is 2.90. The number of nitrogens with zero attached hydrogens (tertiary/aromatic N) is 1. The van der Waals surface area contributed by atoms with Crippen molar-refractivity contribution in [2.45, 2.75) is 6.61 Å². The SMILES string of the molecule is O=C(Oc1ccccc1/C=N/NC(=O)c1cc(Br)ccc1OCc1ccccc1)c1ccccc1. The Hall–Kier alpha value is -4.23. The number of hydrogen-bond donors (Lipinski definition) is 1. The van der Waals surface area contributed by atoms with Crippen LogP contribution in [0.15, 0.2) is 113 Å². The first-order valence-corrected chi connectivity index (χ1v) is 11.6. The van der Waals surface area contributed by atoms with E-state index >= 15 is 0 Å². The van der Waals surface area contributed by atoms with Crippen LogP contribution in [0, 0.1) is 0 Å². The average molecular weight is 529 g/mol. The smallest absolute Gasteiger partial charge is 0.343 e. The van der Waals surface area contributed by atoms with Gasteiger partial charge in [-0.2, -0.15) is 5.10 Å². The Balaban J connectivity index is 1.44. The minimum Gasteiger partial charge on any atom is -0.488 e. The van der Waals surface area contributed by atoms with Gasteiger partial charge in [-0.05, 0) is 48.0 Å². The summed E-state index contributed by atoms with van der Waals surface area (Å²) in [6, 6.07) is 30.5. The minimum atomic E-state index is -0.482. The molecule has 6 nitrogen and oxygen atoms in total. The molecule has 0 heterocycles. The molecular weight excluding hydrogens is 508 g/mol. The normalized spacial score (nSPS) is 10.7. The van der Waals surface area contributed by atoms with Crippen molar-refractivity contribution >= 4 is 34.0 Å². The number of benzene rings is 4. The summed E-state index contributed by atoms with van der Waals surface area (Å²) in [6.45, 7) is 0.326. The van der Waals surface area contributed by atoms with Gasteiger partial charge in [0.15, 0.2) is 0 Å². The lowest BCUT2D eigenvalue weighted by Gasteiger charge is -2.11. The molecular formula is C28H21BrN2O4. The lowest BCUT2D eigenvalue weighted by Crippen LogP contribution is -2.19. The van der Waals surface area contributed by atoms with E-state index in [1.165, 1.54) is 6.21 Å². The van der Waals surface area contributed by atoms with Crippen LogP contribution in [0.2, 0.25) is 0 Å². The number of para-hydroxylation sites is 1. The van der Waals surface area contributed by atoms with E-state index in [0.29, 0.717) is 34.8 Å². The molecule has 7 heteroatoms. The van der Waals surface area contributed by atoms with Gasteiger partial charge in [0.25, 0.3) is 5.91 Å². The third-order valence-corrected chi connectivity index (χ3v) is 5.42. The van der Waals surface area contributed by atoms with Crippen molar-refractivity contribution in [2.75, 3.05) is 0 Å². The second kappa shape index (κ2) is 11.8. The molecule has 0 saturated heterocycles. The topological polar surface area (TPSA) is 77.0 Å². The van der Waals surface area contributed by atoms with E-state index in [1.54, 1.807) is 66.7 Å². The van der Waals surface area contributed by atoms with Crippen LogP contribution in [0.5, 0.6) is 11.5 Å². The summed E-state index contributed by atoms with van der Waals surface area (Å²) in [5.41, 5.74) is 4.80. The molecule has 0 saturated carbocycles. The van der Waals surface area contributed by atoms with Gasteiger partial charge >= 0.3 is 5.97 Å². The maximum Gasteiger partial charge on any atom is 0.343 e. The number of hydrogen-bond acceptors (Lipinski definition) is 5. The van der Waals surface area contributed by atoms with E-state index in [9.17, 15) is 9.59 Å². The quantitative estimate of drug-likeness (QED) is 0.131. The Bertz CT molecular complexity index is 1340. The third-order valence-electron chi connectivity index (χ3n) is 4.92. The number of ether oxygens (including phenoxy) is 2. The highest BCUT2D eigenvalue weighted by atomic mass is 79.9. The monoisotopic (exact) mass is 528 g/mol. The highest BCUT2D eigenvalue weighted by Gasteiger charge is 2.14. The first-order chi connectivity index (χ1) is 17.1. The maximum absolute atomic E-state index is 12.9. The van der Waals surface area contributed by atoms with Crippen LogP contribution in [0.4, 0.5) is 0 Å². The van der Waals surface area contributed by atoms with Crippen molar-refractivity contribution in [1.29, 1.82) is 0 Å². The minimum absolute atomic E-state index is 0.326. The number of halogens is 1. The Labute approximate surface area is 211 Å². The molecule has 0 spiro atoms. The molecule has 0 aliphatic rings. The largest absolute Gasteiger partial charge is 0.488 e. The number of rotatable bonds is 8. The van der Waals surface area contributed by atoms with Crippen molar-refractivity contribution in [2.24, 2.45) is 5.10 Å². The first-order valence-electron chi connectivity index (χ1n) is 10.8. The summed E-state index contributed by atoms with van der Waals surface area (Å²) in [5.74, 6) is -0.162. The molecule has 0 radical (unpaired) electrons. The molecule has 174 valence electrons. The summed E-state index contributed by atoms with van der Waals surface area (Å²) < 4.78 is 12.1. The zero-order valence-electron chi connectivity index (χ0n) is 18.6. The molecule has 0 aromatic heterocycles. The van der Waals surface area contributed by atoms with E-state index in [1.807, 2.05) is 36.4 Å².